The number of carboxylic acid groups (broad SMARTS) is 1. The second-order valence-electron chi connectivity index (χ2n) is 4.15. The summed E-state index contributed by atoms with van der Waals surface area (Å²) in [6, 6.07) is 5.76. The van der Waals surface area contributed by atoms with E-state index >= 15 is 0 Å². The summed E-state index contributed by atoms with van der Waals surface area (Å²) in [5, 5.41) is 13.3. The van der Waals surface area contributed by atoms with E-state index in [-0.39, 0.29) is 0 Å². The SMILES string of the molecule is Cc1nn(CCc2ccccn2)c(C)c1C(=O)O. The van der Waals surface area contributed by atoms with Gasteiger partial charge in [0, 0.05) is 24.9 Å². The highest BCUT2D eigenvalue weighted by Gasteiger charge is 2.17. The Hall–Kier alpha value is -2.17. The van der Waals surface area contributed by atoms with Crippen molar-refractivity contribution in [3.63, 3.8) is 0 Å². The van der Waals surface area contributed by atoms with Crippen molar-refractivity contribution in [1.82, 2.24) is 14.8 Å². The van der Waals surface area contributed by atoms with Crippen molar-refractivity contribution in [3.05, 3.63) is 47.0 Å². The zero-order valence-electron chi connectivity index (χ0n) is 10.4. The number of nitrogens with zero attached hydrogens (tertiary/aromatic N) is 3. The summed E-state index contributed by atoms with van der Waals surface area (Å²) in [7, 11) is 0. The fourth-order valence-corrected chi connectivity index (χ4v) is 1.99. The van der Waals surface area contributed by atoms with Crippen molar-refractivity contribution in [2.45, 2.75) is 26.8 Å². The number of aromatic nitrogens is 3. The molecular formula is C13H15N3O2. The second-order valence-corrected chi connectivity index (χ2v) is 4.15. The van der Waals surface area contributed by atoms with Crippen LogP contribution in [-0.4, -0.2) is 25.8 Å². The molecule has 94 valence electrons. The van der Waals surface area contributed by atoms with Gasteiger partial charge in [-0.15, -0.1) is 0 Å². The van der Waals surface area contributed by atoms with Crippen LogP contribution in [0.3, 0.4) is 0 Å². The molecule has 0 aromatic carbocycles. The van der Waals surface area contributed by atoms with Gasteiger partial charge in [-0.25, -0.2) is 4.79 Å². The van der Waals surface area contributed by atoms with Gasteiger partial charge in [0.15, 0.2) is 0 Å². The Kier molecular flexibility index (Phi) is 3.41. The molecule has 0 saturated heterocycles. The minimum absolute atomic E-state index is 0.302. The summed E-state index contributed by atoms with van der Waals surface area (Å²) < 4.78 is 1.73. The third-order valence-corrected chi connectivity index (χ3v) is 2.90. The molecule has 0 aliphatic carbocycles. The summed E-state index contributed by atoms with van der Waals surface area (Å²) in [4.78, 5) is 15.3. The van der Waals surface area contributed by atoms with Crippen molar-refractivity contribution in [1.29, 1.82) is 0 Å². The molecule has 0 aliphatic rings. The van der Waals surface area contributed by atoms with E-state index in [1.165, 1.54) is 0 Å². The molecule has 0 radical (unpaired) electrons. The van der Waals surface area contributed by atoms with Crippen LogP contribution < -0.4 is 0 Å². The normalized spacial score (nSPS) is 10.6. The van der Waals surface area contributed by atoms with Crippen LogP contribution in [0.4, 0.5) is 0 Å². The summed E-state index contributed by atoms with van der Waals surface area (Å²) in [6.07, 6.45) is 2.49. The van der Waals surface area contributed by atoms with Gasteiger partial charge in [0.05, 0.1) is 11.4 Å². The molecular weight excluding hydrogens is 230 g/mol. The topological polar surface area (TPSA) is 68.0 Å². The Labute approximate surface area is 105 Å². The van der Waals surface area contributed by atoms with Crippen molar-refractivity contribution in [2.24, 2.45) is 0 Å². The lowest BCUT2D eigenvalue weighted by atomic mass is 10.2. The highest BCUT2D eigenvalue weighted by atomic mass is 16.4. The minimum atomic E-state index is -0.922. The Balaban J connectivity index is 2.16. The van der Waals surface area contributed by atoms with Crippen LogP contribution in [0, 0.1) is 13.8 Å². The Morgan fingerprint density at radius 1 is 1.39 bits per heavy atom. The highest BCUT2D eigenvalue weighted by Crippen LogP contribution is 2.13. The molecule has 0 fully saturated rings. The van der Waals surface area contributed by atoms with Crippen LogP contribution in [-0.2, 0) is 13.0 Å². The predicted octanol–water partition coefficient (Wildman–Crippen LogP) is 1.84. The van der Waals surface area contributed by atoms with Gasteiger partial charge in [-0.3, -0.25) is 9.67 Å². The molecule has 2 aromatic rings. The van der Waals surface area contributed by atoms with E-state index in [2.05, 4.69) is 10.1 Å². The van der Waals surface area contributed by atoms with Crippen molar-refractivity contribution < 1.29 is 9.90 Å². The van der Waals surface area contributed by atoms with E-state index in [0.29, 0.717) is 23.5 Å². The average molecular weight is 245 g/mol. The van der Waals surface area contributed by atoms with E-state index in [1.54, 1.807) is 24.7 Å². The molecule has 0 unspecified atom stereocenters. The number of carbonyl (C=O) groups is 1. The van der Waals surface area contributed by atoms with Gasteiger partial charge < -0.3 is 5.11 Å². The first-order valence-electron chi connectivity index (χ1n) is 5.77. The molecule has 2 heterocycles. The van der Waals surface area contributed by atoms with Crippen molar-refractivity contribution in [3.8, 4) is 0 Å². The maximum Gasteiger partial charge on any atom is 0.339 e. The lowest BCUT2D eigenvalue weighted by molar-refractivity contribution is 0.0695. The molecule has 5 heteroatoms. The Morgan fingerprint density at radius 2 is 2.17 bits per heavy atom. The average Bonchev–Trinajstić information content (AvgIpc) is 2.63. The molecule has 0 bridgehead atoms. The molecule has 0 spiro atoms. The molecule has 2 aromatic heterocycles. The molecule has 2 rings (SSSR count). The third-order valence-electron chi connectivity index (χ3n) is 2.90. The number of aromatic carboxylic acids is 1. The van der Waals surface area contributed by atoms with Crippen LogP contribution in [0.2, 0.25) is 0 Å². The predicted molar refractivity (Wildman–Crippen MR) is 66.6 cm³/mol. The zero-order valence-corrected chi connectivity index (χ0v) is 10.4. The molecule has 0 amide bonds. The lowest BCUT2D eigenvalue weighted by Gasteiger charge is -2.04. The fraction of sp³-hybridized carbons (Fsp3) is 0.308. The maximum atomic E-state index is 11.1. The first-order valence-corrected chi connectivity index (χ1v) is 5.77. The smallest absolute Gasteiger partial charge is 0.339 e. The summed E-state index contributed by atoms with van der Waals surface area (Å²) in [6.45, 7) is 4.13. The van der Waals surface area contributed by atoms with E-state index in [0.717, 1.165) is 12.1 Å². The van der Waals surface area contributed by atoms with Crippen LogP contribution >= 0.6 is 0 Å². The number of pyridine rings is 1. The molecule has 0 aliphatic heterocycles. The van der Waals surface area contributed by atoms with Gasteiger partial charge in [0.1, 0.15) is 5.56 Å². The maximum absolute atomic E-state index is 11.1. The number of hydrogen-bond acceptors (Lipinski definition) is 3. The first kappa shape index (κ1) is 12.3. The molecule has 5 nitrogen and oxygen atoms in total. The third kappa shape index (κ3) is 2.40. The molecule has 18 heavy (non-hydrogen) atoms. The van der Waals surface area contributed by atoms with E-state index in [9.17, 15) is 4.79 Å². The van der Waals surface area contributed by atoms with Gasteiger partial charge in [0.25, 0.3) is 0 Å². The van der Waals surface area contributed by atoms with E-state index in [1.807, 2.05) is 18.2 Å². The van der Waals surface area contributed by atoms with Gasteiger partial charge in [-0.2, -0.15) is 5.10 Å². The molecule has 0 atom stereocenters. The van der Waals surface area contributed by atoms with Gasteiger partial charge in [-0.1, -0.05) is 6.07 Å². The largest absolute Gasteiger partial charge is 0.478 e. The quantitative estimate of drug-likeness (QED) is 0.892. The standard InChI is InChI=1S/C13H15N3O2/c1-9-12(13(17)18)10(2)16(15-9)8-6-11-5-3-4-7-14-11/h3-5,7H,6,8H2,1-2H3,(H,17,18). The van der Waals surface area contributed by atoms with Crippen molar-refractivity contribution in [2.75, 3.05) is 0 Å². The highest BCUT2D eigenvalue weighted by molar-refractivity contribution is 5.90. The van der Waals surface area contributed by atoms with Crippen LogP contribution in [0.5, 0.6) is 0 Å². The Bertz CT molecular complexity index is 561. The van der Waals surface area contributed by atoms with Crippen molar-refractivity contribution >= 4 is 5.97 Å². The molecule has 0 saturated carbocycles. The number of aryl methyl sites for hydroxylation is 3. The number of rotatable bonds is 4. The minimum Gasteiger partial charge on any atom is -0.478 e. The van der Waals surface area contributed by atoms with Crippen LogP contribution in [0.25, 0.3) is 0 Å². The van der Waals surface area contributed by atoms with E-state index < -0.39 is 5.97 Å². The van der Waals surface area contributed by atoms with Gasteiger partial charge in [0.2, 0.25) is 0 Å². The first-order chi connectivity index (χ1) is 8.59. The van der Waals surface area contributed by atoms with Gasteiger partial charge in [-0.05, 0) is 26.0 Å². The Morgan fingerprint density at radius 3 is 2.72 bits per heavy atom. The summed E-state index contributed by atoms with van der Waals surface area (Å²) in [5.74, 6) is -0.922. The van der Waals surface area contributed by atoms with E-state index in [4.69, 9.17) is 5.11 Å². The molecule has 1 N–H and O–H groups in total. The van der Waals surface area contributed by atoms with Crippen LogP contribution in [0.1, 0.15) is 27.4 Å². The monoisotopic (exact) mass is 245 g/mol. The zero-order chi connectivity index (χ0) is 13.1. The summed E-state index contributed by atoms with van der Waals surface area (Å²) >= 11 is 0. The number of carboxylic acids is 1. The van der Waals surface area contributed by atoms with Gasteiger partial charge >= 0.3 is 5.97 Å². The fourth-order valence-electron chi connectivity index (χ4n) is 1.99. The number of hydrogen-bond donors (Lipinski definition) is 1. The van der Waals surface area contributed by atoms with Crippen LogP contribution in [0.15, 0.2) is 24.4 Å². The second kappa shape index (κ2) is 5.00. The lowest BCUT2D eigenvalue weighted by Crippen LogP contribution is -2.07. The summed E-state index contributed by atoms with van der Waals surface area (Å²) in [5.41, 5.74) is 2.52.